The van der Waals surface area contributed by atoms with Gasteiger partial charge in [0, 0.05) is 17.8 Å². The second-order valence-corrected chi connectivity index (χ2v) is 6.10. The molecule has 0 spiro atoms. The zero-order chi connectivity index (χ0) is 16.7. The topological polar surface area (TPSA) is 55.4 Å². The molecule has 0 fully saturated rings. The molecule has 1 N–H and O–H groups in total. The molecule has 0 aliphatic carbocycles. The molecule has 1 amide bonds. The van der Waals surface area contributed by atoms with Crippen molar-refractivity contribution in [3.8, 4) is 0 Å². The monoisotopic (exact) mass is 331 g/mol. The summed E-state index contributed by atoms with van der Waals surface area (Å²) >= 11 is 1.42. The predicted molar refractivity (Wildman–Crippen MR) is 91.7 cm³/mol. The number of thiophene rings is 1. The quantitative estimate of drug-likeness (QED) is 0.789. The van der Waals surface area contributed by atoms with Gasteiger partial charge in [-0.1, -0.05) is 37.3 Å². The second kappa shape index (κ2) is 8.48. The summed E-state index contributed by atoms with van der Waals surface area (Å²) in [4.78, 5) is 24.0. The summed E-state index contributed by atoms with van der Waals surface area (Å²) < 4.78 is 5.18. The van der Waals surface area contributed by atoms with E-state index in [1.807, 2.05) is 18.2 Å². The fourth-order valence-corrected chi connectivity index (χ4v) is 2.88. The van der Waals surface area contributed by atoms with Crippen LogP contribution in [0.15, 0.2) is 47.2 Å². The molecule has 1 aromatic heterocycles. The Balaban J connectivity index is 1.84. The Bertz CT molecular complexity index is 625. The van der Waals surface area contributed by atoms with Crippen LogP contribution in [-0.2, 0) is 9.53 Å². The summed E-state index contributed by atoms with van der Waals surface area (Å²) in [6.07, 6.45) is 0.114. The van der Waals surface area contributed by atoms with E-state index in [-0.39, 0.29) is 11.8 Å². The minimum Gasteiger partial charge on any atom is -0.449 e. The smallest absolute Gasteiger partial charge is 0.339 e. The Morgan fingerprint density at radius 3 is 2.57 bits per heavy atom. The maximum Gasteiger partial charge on any atom is 0.339 e. The Morgan fingerprint density at radius 1 is 1.22 bits per heavy atom. The molecule has 23 heavy (non-hydrogen) atoms. The van der Waals surface area contributed by atoms with Crippen molar-refractivity contribution < 1.29 is 14.3 Å². The standard InChI is InChI=1S/C18H21NO3S/c1-3-14(15-7-5-4-6-8-15)11-19-17(20)13(2)22-18(21)16-9-10-23-12-16/h4-10,12-14H,3,11H2,1-2H3,(H,19,20)/t13-,14+/m0/s1. The zero-order valence-corrected chi connectivity index (χ0v) is 14.1. The molecule has 1 heterocycles. The van der Waals surface area contributed by atoms with Gasteiger partial charge in [0.25, 0.3) is 5.91 Å². The third-order valence-electron chi connectivity index (χ3n) is 3.70. The number of ether oxygens (including phenoxy) is 1. The first kappa shape index (κ1) is 17.2. The van der Waals surface area contributed by atoms with Crippen LogP contribution in [0.5, 0.6) is 0 Å². The molecule has 2 aromatic rings. The lowest BCUT2D eigenvalue weighted by atomic mass is 9.96. The van der Waals surface area contributed by atoms with E-state index in [1.54, 1.807) is 23.8 Å². The Kier molecular flexibility index (Phi) is 6.35. The number of carbonyl (C=O) groups excluding carboxylic acids is 2. The van der Waals surface area contributed by atoms with Crippen molar-refractivity contribution in [2.75, 3.05) is 6.54 Å². The molecule has 0 unspecified atom stereocenters. The van der Waals surface area contributed by atoms with Gasteiger partial charge >= 0.3 is 5.97 Å². The highest BCUT2D eigenvalue weighted by Gasteiger charge is 2.20. The first-order valence-electron chi connectivity index (χ1n) is 7.67. The minimum absolute atomic E-state index is 0.250. The largest absolute Gasteiger partial charge is 0.449 e. The van der Waals surface area contributed by atoms with Crippen molar-refractivity contribution in [1.29, 1.82) is 0 Å². The summed E-state index contributed by atoms with van der Waals surface area (Å²) in [7, 11) is 0. The van der Waals surface area contributed by atoms with Gasteiger partial charge in [0.05, 0.1) is 5.56 Å². The van der Waals surface area contributed by atoms with E-state index in [1.165, 1.54) is 16.9 Å². The molecule has 2 rings (SSSR count). The van der Waals surface area contributed by atoms with Crippen LogP contribution in [0.1, 0.15) is 42.1 Å². The minimum atomic E-state index is -0.810. The van der Waals surface area contributed by atoms with Crippen LogP contribution in [0, 0.1) is 0 Å². The predicted octanol–water partition coefficient (Wildman–Crippen LogP) is 3.60. The Morgan fingerprint density at radius 2 is 1.96 bits per heavy atom. The number of esters is 1. The first-order chi connectivity index (χ1) is 11.1. The molecule has 1 aromatic carbocycles. The average molecular weight is 331 g/mol. The zero-order valence-electron chi connectivity index (χ0n) is 13.3. The summed E-state index contributed by atoms with van der Waals surface area (Å²) in [6.45, 7) is 4.20. The van der Waals surface area contributed by atoms with Crippen molar-refractivity contribution in [3.05, 3.63) is 58.3 Å². The maximum absolute atomic E-state index is 12.1. The summed E-state index contributed by atoms with van der Waals surface area (Å²) in [5, 5.41) is 6.37. The van der Waals surface area contributed by atoms with Gasteiger partial charge in [-0.3, -0.25) is 4.79 Å². The van der Waals surface area contributed by atoms with Crippen LogP contribution in [0.3, 0.4) is 0 Å². The molecule has 4 nitrogen and oxygen atoms in total. The highest BCUT2D eigenvalue weighted by atomic mass is 32.1. The van der Waals surface area contributed by atoms with E-state index in [0.29, 0.717) is 12.1 Å². The normalized spacial score (nSPS) is 13.1. The van der Waals surface area contributed by atoms with E-state index in [2.05, 4.69) is 24.4 Å². The van der Waals surface area contributed by atoms with Gasteiger partial charge in [0.15, 0.2) is 6.10 Å². The van der Waals surface area contributed by atoms with Gasteiger partial charge in [0.1, 0.15) is 0 Å². The van der Waals surface area contributed by atoms with E-state index in [9.17, 15) is 9.59 Å². The molecule has 0 bridgehead atoms. The Hall–Kier alpha value is -2.14. The van der Waals surface area contributed by atoms with Gasteiger partial charge in [-0.2, -0.15) is 11.3 Å². The molecular weight excluding hydrogens is 310 g/mol. The SMILES string of the molecule is CC[C@H](CNC(=O)[C@H](C)OC(=O)c1ccsc1)c1ccccc1. The van der Waals surface area contributed by atoms with Crippen LogP contribution in [0.25, 0.3) is 0 Å². The van der Waals surface area contributed by atoms with E-state index < -0.39 is 12.1 Å². The highest BCUT2D eigenvalue weighted by Crippen LogP contribution is 2.18. The third-order valence-corrected chi connectivity index (χ3v) is 4.38. The molecule has 0 saturated carbocycles. The maximum atomic E-state index is 12.1. The fourth-order valence-electron chi connectivity index (χ4n) is 2.25. The van der Waals surface area contributed by atoms with Crippen LogP contribution in [0.4, 0.5) is 0 Å². The van der Waals surface area contributed by atoms with Gasteiger partial charge < -0.3 is 10.1 Å². The number of hydrogen-bond donors (Lipinski definition) is 1. The number of nitrogens with one attached hydrogen (secondary N) is 1. The second-order valence-electron chi connectivity index (χ2n) is 5.32. The van der Waals surface area contributed by atoms with Crippen molar-refractivity contribution in [1.82, 2.24) is 5.32 Å². The molecule has 0 aliphatic heterocycles. The fraction of sp³-hybridized carbons (Fsp3) is 0.333. The van der Waals surface area contributed by atoms with Crippen molar-refractivity contribution in [2.45, 2.75) is 32.3 Å². The third kappa shape index (κ3) is 4.93. The lowest BCUT2D eigenvalue weighted by Crippen LogP contribution is -2.37. The van der Waals surface area contributed by atoms with Crippen molar-refractivity contribution >= 4 is 23.2 Å². The summed E-state index contributed by atoms with van der Waals surface area (Å²) in [6, 6.07) is 11.7. The number of benzene rings is 1. The lowest BCUT2D eigenvalue weighted by Gasteiger charge is -2.18. The highest BCUT2D eigenvalue weighted by molar-refractivity contribution is 7.08. The summed E-state index contributed by atoms with van der Waals surface area (Å²) in [5.74, 6) is -0.494. The van der Waals surface area contributed by atoms with E-state index in [4.69, 9.17) is 4.74 Å². The van der Waals surface area contributed by atoms with Gasteiger partial charge in [-0.05, 0) is 30.4 Å². The van der Waals surface area contributed by atoms with Crippen LogP contribution >= 0.6 is 11.3 Å². The molecule has 0 aliphatic rings. The molecular formula is C18H21NO3S. The average Bonchev–Trinajstić information content (AvgIpc) is 3.10. The number of carbonyl (C=O) groups is 2. The van der Waals surface area contributed by atoms with Crippen LogP contribution in [-0.4, -0.2) is 24.5 Å². The van der Waals surface area contributed by atoms with Gasteiger partial charge in [-0.15, -0.1) is 0 Å². The first-order valence-corrected chi connectivity index (χ1v) is 8.62. The van der Waals surface area contributed by atoms with Crippen LogP contribution in [0.2, 0.25) is 0 Å². The molecule has 5 heteroatoms. The van der Waals surface area contributed by atoms with Crippen molar-refractivity contribution in [2.24, 2.45) is 0 Å². The van der Waals surface area contributed by atoms with E-state index >= 15 is 0 Å². The number of amides is 1. The summed E-state index contributed by atoms with van der Waals surface area (Å²) in [5.41, 5.74) is 1.67. The van der Waals surface area contributed by atoms with Crippen molar-refractivity contribution in [3.63, 3.8) is 0 Å². The lowest BCUT2D eigenvalue weighted by molar-refractivity contribution is -0.129. The van der Waals surface area contributed by atoms with Crippen LogP contribution < -0.4 is 5.32 Å². The molecule has 2 atom stereocenters. The molecule has 0 radical (unpaired) electrons. The van der Waals surface area contributed by atoms with Gasteiger partial charge in [0.2, 0.25) is 0 Å². The molecule has 0 saturated heterocycles. The molecule has 122 valence electrons. The Labute approximate surface area is 140 Å². The van der Waals surface area contributed by atoms with E-state index in [0.717, 1.165) is 6.42 Å². The number of hydrogen-bond acceptors (Lipinski definition) is 4. The van der Waals surface area contributed by atoms with Gasteiger partial charge in [-0.25, -0.2) is 4.79 Å². The number of rotatable bonds is 7.